The number of aryl methyl sites for hydroxylation is 1. The Hall–Kier alpha value is -0.910. The first-order chi connectivity index (χ1) is 6.56. The van der Waals surface area contributed by atoms with Gasteiger partial charge in [0, 0.05) is 6.54 Å². The summed E-state index contributed by atoms with van der Waals surface area (Å²) in [6.45, 7) is 1.72. The first kappa shape index (κ1) is 11.2. The first-order valence-electron chi connectivity index (χ1n) is 4.23. The average Bonchev–Trinajstić information content (AvgIpc) is 2.16. The van der Waals surface area contributed by atoms with Crippen LogP contribution in [0.3, 0.4) is 0 Å². The molecule has 0 aliphatic carbocycles. The van der Waals surface area contributed by atoms with E-state index in [0.717, 1.165) is 5.56 Å². The van der Waals surface area contributed by atoms with Gasteiger partial charge in [0.15, 0.2) is 0 Å². The molecule has 0 aliphatic heterocycles. The number of hydrogen-bond acceptors (Lipinski definition) is 3. The summed E-state index contributed by atoms with van der Waals surface area (Å²) in [5, 5.41) is 8.49. The Morgan fingerprint density at radius 1 is 1.29 bits per heavy atom. The van der Waals surface area contributed by atoms with Crippen molar-refractivity contribution >= 4 is 10.0 Å². The Labute approximate surface area is 83.6 Å². The minimum absolute atomic E-state index is 0.0379. The van der Waals surface area contributed by atoms with Crippen LogP contribution in [0, 0.1) is 6.92 Å². The van der Waals surface area contributed by atoms with Crippen molar-refractivity contribution in [3.8, 4) is 0 Å². The van der Waals surface area contributed by atoms with Crippen molar-refractivity contribution in [3.05, 3.63) is 29.8 Å². The van der Waals surface area contributed by atoms with Gasteiger partial charge in [0.05, 0.1) is 11.5 Å². The molecule has 0 atom stereocenters. The van der Waals surface area contributed by atoms with Crippen molar-refractivity contribution < 1.29 is 13.5 Å². The Bertz CT molecular complexity index is 383. The molecule has 78 valence electrons. The Kier molecular flexibility index (Phi) is 3.62. The standard InChI is InChI=1S/C9H13NO3S/c1-8-2-4-9(5-3-8)14(12,13)10-6-7-11/h2-5,10-11H,6-7H2,1H3. The summed E-state index contributed by atoms with van der Waals surface area (Å²) >= 11 is 0. The lowest BCUT2D eigenvalue weighted by molar-refractivity contribution is 0.301. The van der Waals surface area contributed by atoms with Gasteiger partial charge in [-0.25, -0.2) is 13.1 Å². The fourth-order valence-corrected chi connectivity index (χ4v) is 2.00. The minimum Gasteiger partial charge on any atom is -0.395 e. The van der Waals surface area contributed by atoms with Crippen LogP contribution in [-0.2, 0) is 10.0 Å². The molecule has 0 saturated heterocycles. The lowest BCUT2D eigenvalue weighted by Crippen LogP contribution is -2.26. The molecule has 0 heterocycles. The van der Waals surface area contributed by atoms with Gasteiger partial charge in [-0.3, -0.25) is 0 Å². The van der Waals surface area contributed by atoms with E-state index in [1.54, 1.807) is 12.1 Å². The number of hydrogen-bond donors (Lipinski definition) is 2. The predicted molar refractivity (Wildman–Crippen MR) is 53.5 cm³/mol. The maximum atomic E-state index is 11.5. The van der Waals surface area contributed by atoms with Gasteiger partial charge in [-0.2, -0.15) is 0 Å². The monoisotopic (exact) mass is 215 g/mol. The van der Waals surface area contributed by atoms with E-state index in [1.165, 1.54) is 12.1 Å². The largest absolute Gasteiger partial charge is 0.395 e. The molecular formula is C9H13NO3S. The average molecular weight is 215 g/mol. The van der Waals surface area contributed by atoms with Crippen LogP contribution in [0.4, 0.5) is 0 Å². The molecule has 4 nitrogen and oxygen atoms in total. The van der Waals surface area contributed by atoms with Crippen molar-refractivity contribution in [2.75, 3.05) is 13.2 Å². The molecule has 5 heteroatoms. The van der Waals surface area contributed by atoms with Crippen LogP contribution in [0.5, 0.6) is 0 Å². The van der Waals surface area contributed by atoms with Gasteiger partial charge in [0.2, 0.25) is 10.0 Å². The molecule has 1 rings (SSSR count). The van der Waals surface area contributed by atoms with Gasteiger partial charge in [-0.15, -0.1) is 0 Å². The second-order valence-electron chi connectivity index (χ2n) is 2.93. The third kappa shape index (κ3) is 2.80. The highest BCUT2D eigenvalue weighted by molar-refractivity contribution is 7.89. The number of sulfonamides is 1. The molecule has 0 fully saturated rings. The van der Waals surface area contributed by atoms with Gasteiger partial charge in [0.25, 0.3) is 0 Å². The second-order valence-corrected chi connectivity index (χ2v) is 4.70. The van der Waals surface area contributed by atoms with E-state index in [9.17, 15) is 8.42 Å². The van der Waals surface area contributed by atoms with Gasteiger partial charge >= 0.3 is 0 Å². The van der Waals surface area contributed by atoms with Crippen molar-refractivity contribution in [1.82, 2.24) is 4.72 Å². The van der Waals surface area contributed by atoms with E-state index < -0.39 is 10.0 Å². The highest BCUT2D eigenvalue weighted by Crippen LogP contribution is 2.09. The van der Waals surface area contributed by atoms with Gasteiger partial charge in [-0.1, -0.05) is 17.7 Å². The molecule has 0 bridgehead atoms. The number of rotatable bonds is 4. The molecule has 0 aromatic heterocycles. The quantitative estimate of drug-likeness (QED) is 0.757. The fraction of sp³-hybridized carbons (Fsp3) is 0.333. The maximum Gasteiger partial charge on any atom is 0.240 e. The number of aliphatic hydroxyl groups excluding tert-OH is 1. The van der Waals surface area contributed by atoms with Crippen molar-refractivity contribution in [2.24, 2.45) is 0 Å². The zero-order valence-corrected chi connectivity index (χ0v) is 8.71. The smallest absolute Gasteiger partial charge is 0.240 e. The van der Waals surface area contributed by atoms with Crippen molar-refractivity contribution in [3.63, 3.8) is 0 Å². The van der Waals surface area contributed by atoms with E-state index >= 15 is 0 Å². The lowest BCUT2D eigenvalue weighted by Gasteiger charge is -2.04. The zero-order valence-electron chi connectivity index (χ0n) is 7.90. The maximum absolute atomic E-state index is 11.5. The Balaban J connectivity index is 2.87. The summed E-state index contributed by atoms with van der Waals surface area (Å²) in [7, 11) is -3.45. The molecule has 0 radical (unpaired) electrons. The van der Waals surface area contributed by atoms with Crippen molar-refractivity contribution in [1.29, 1.82) is 0 Å². The van der Waals surface area contributed by atoms with Crippen LogP contribution >= 0.6 is 0 Å². The molecule has 2 N–H and O–H groups in total. The first-order valence-corrected chi connectivity index (χ1v) is 5.72. The fourth-order valence-electron chi connectivity index (χ4n) is 0.981. The zero-order chi connectivity index (χ0) is 10.6. The summed E-state index contributed by atoms with van der Waals surface area (Å²) in [6, 6.07) is 6.53. The van der Waals surface area contributed by atoms with Crippen LogP contribution in [0.2, 0.25) is 0 Å². The van der Waals surface area contributed by atoms with Crippen LogP contribution in [0.1, 0.15) is 5.56 Å². The van der Waals surface area contributed by atoms with E-state index in [4.69, 9.17) is 5.11 Å². The molecular weight excluding hydrogens is 202 g/mol. The van der Waals surface area contributed by atoms with Crippen LogP contribution in [-0.4, -0.2) is 26.7 Å². The highest BCUT2D eigenvalue weighted by atomic mass is 32.2. The van der Waals surface area contributed by atoms with E-state index in [-0.39, 0.29) is 18.0 Å². The van der Waals surface area contributed by atoms with Crippen LogP contribution in [0.15, 0.2) is 29.2 Å². The van der Waals surface area contributed by atoms with E-state index in [1.807, 2.05) is 6.92 Å². The summed E-state index contributed by atoms with van der Waals surface area (Å²) in [6.07, 6.45) is 0. The SMILES string of the molecule is Cc1ccc(S(=O)(=O)NCCO)cc1. The Morgan fingerprint density at radius 2 is 1.86 bits per heavy atom. The van der Waals surface area contributed by atoms with Crippen LogP contribution < -0.4 is 4.72 Å². The topological polar surface area (TPSA) is 66.4 Å². The third-order valence-electron chi connectivity index (χ3n) is 1.74. The van der Waals surface area contributed by atoms with E-state index in [2.05, 4.69) is 4.72 Å². The van der Waals surface area contributed by atoms with Gasteiger partial charge < -0.3 is 5.11 Å². The number of nitrogens with one attached hydrogen (secondary N) is 1. The molecule has 14 heavy (non-hydrogen) atoms. The molecule has 1 aromatic carbocycles. The predicted octanol–water partition coefficient (Wildman–Crippen LogP) is 0.266. The molecule has 0 aliphatic rings. The molecule has 0 unspecified atom stereocenters. The number of benzene rings is 1. The minimum atomic E-state index is -3.45. The summed E-state index contributed by atoms with van der Waals surface area (Å²) in [4.78, 5) is 0.219. The normalized spacial score (nSPS) is 11.6. The third-order valence-corrected chi connectivity index (χ3v) is 3.21. The van der Waals surface area contributed by atoms with Crippen LogP contribution in [0.25, 0.3) is 0 Å². The second kappa shape index (κ2) is 4.54. The lowest BCUT2D eigenvalue weighted by atomic mass is 10.2. The summed E-state index contributed by atoms with van der Waals surface area (Å²) < 4.78 is 25.2. The number of aliphatic hydroxyl groups is 1. The molecule has 0 amide bonds. The van der Waals surface area contributed by atoms with Crippen molar-refractivity contribution in [2.45, 2.75) is 11.8 Å². The van der Waals surface area contributed by atoms with E-state index in [0.29, 0.717) is 0 Å². The van der Waals surface area contributed by atoms with Gasteiger partial charge in [-0.05, 0) is 19.1 Å². The summed E-state index contributed by atoms with van der Waals surface area (Å²) in [5.41, 5.74) is 1.01. The van der Waals surface area contributed by atoms with Gasteiger partial charge in [0.1, 0.15) is 0 Å². The molecule has 0 spiro atoms. The highest BCUT2D eigenvalue weighted by Gasteiger charge is 2.11. The molecule has 1 aromatic rings. The summed E-state index contributed by atoms with van der Waals surface area (Å²) in [5.74, 6) is 0. The molecule has 0 saturated carbocycles. The Morgan fingerprint density at radius 3 is 2.36 bits per heavy atom.